The fourth-order valence-electron chi connectivity index (χ4n) is 3.39. The van der Waals surface area contributed by atoms with E-state index in [0.717, 1.165) is 6.07 Å². The smallest absolute Gasteiger partial charge is 0.295 e. The van der Waals surface area contributed by atoms with Crippen LogP contribution >= 0.6 is 0 Å². The highest BCUT2D eigenvalue weighted by Gasteiger charge is 2.46. The zero-order valence-corrected chi connectivity index (χ0v) is 16.1. The Morgan fingerprint density at radius 3 is 2.59 bits per heavy atom. The number of benzene rings is 1. The minimum absolute atomic E-state index is 0.00134. The second-order valence-electron chi connectivity index (χ2n) is 6.46. The van der Waals surface area contributed by atoms with Gasteiger partial charge in [-0.05, 0) is 42.3 Å². The number of ketones is 1. The Labute approximate surface area is 167 Å². The number of hydrogen-bond donors (Lipinski definition) is 1. The molecule has 1 aliphatic heterocycles. The van der Waals surface area contributed by atoms with Crippen molar-refractivity contribution in [3.63, 3.8) is 0 Å². The Hall–Kier alpha value is -3.26. The van der Waals surface area contributed by atoms with Crippen molar-refractivity contribution >= 4 is 17.4 Å². The van der Waals surface area contributed by atoms with Crippen molar-refractivity contribution in [1.82, 2.24) is 9.88 Å². The standard InChI is InChI=1S/C21H21FN2O5/c1-28-11-3-10-24-18(13-6-8-23-9-7-13)17(20(26)21(24)27)19(25)15-12-14(22)4-5-16(15)29-2/h4-9,12,18,25H,3,10-11H2,1-2H3/b19-17+. The van der Waals surface area contributed by atoms with Gasteiger partial charge in [0, 0.05) is 32.7 Å². The van der Waals surface area contributed by atoms with Gasteiger partial charge in [-0.1, -0.05) is 0 Å². The third-order valence-electron chi connectivity index (χ3n) is 4.73. The quantitative estimate of drug-likeness (QED) is 0.333. The first-order chi connectivity index (χ1) is 14.0. The van der Waals surface area contributed by atoms with Crippen LogP contribution in [0.5, 0.6) is 5.75 Å². The summed E-state index contributed by atoms with van der Waals surface area (Å²) in [4.78, 5) is 30.9. The molecule has 0 saturated carbocycles. The van der Waals surface area contributed by atoms with E-state index in [1.807, 2.05) is 0 Å². The molecule has 0 radical (unpaired) electrons. The summed E-state index contributed by atoms with van der Waals surface area (Å²) in [6, 6.07) is 6.09. The fraction of sp³-hybridized carbons (Fsp3) is 0.286. The van der Waals surface area contributed by atoms with Crippen molar-refractivity contribution in [3.8, 4) is 5.75 Å². The molecule has 2 aromatic rings. The first-order valence-electron chi connectivity index (χ1n) is 9.00. The summed E-state index contributed by atoms with van der Waals surface area (Å²) in [5.41, 5.74) is 0.484. The third kappa shape index (κ3) is 3.97. The molecule has 0 aliphatic carbocycles. The van der Waals surface area contributed by atoms with Gasteiger partial charge in [-0.2, -0.15) is 0 Å². The van der Waals surface area contributed by atoms with E-state index in [4.69, 9.17) is 9.47 Å². The number of rotatable bonds is 7. The maximum absolute atomic E-state index is 13.8. The Balaban J connectivity index is 2.16. The number of pyridine rings is 1. The summed E-state index contributed by atoms with van der Waals surface area (Å²) in [7, 11) is 2.92. The Morgan fingerprint density at radius 2 is 1.93 bits per heavy atom. The van der Waals surface area contributed by atoms with Crippen LogP contribution in [0.15, 0.2) is 48.3 Å². The van der Waals surface area contributed by atoms with Crippen molar-refractivity contribution in [2.45, 2.75) is 12.5 Å². The topological polar surface area (TPSA) is 89.0 Å². The average molecular weight is 400 g/mol. The predicted molar refractivity (Wildman–Crippen MR) is 103 cm³/mol. The summed E-state index contributed by atoms with van der Waals surface area (Å²) in [6.07, 6.45) is 3.58. The summed E-state index contributed by atoms with van der Waals surface area (Å²) in [6.45, 7) is 0.659. The number of likely N-dealkylation sites (tertiary alicyclic amines) is 1. The molecule has 1 aromatic heterocycles. The van der Waals surface area contributed by atoms with Gasteiger partial charge in [0.25, 0.3) is 11.7 Å². The average Bonchev–Trinajstić information content (AvgIpc) is 2.99. The molecule has 7 nitrogen and oxygen atoms in total. The number of aliphatic hydroxyl groups is 1. The van der Waals surface area contributed by atoms with E-state index in [1.165, 1.54) is 36.5 Å². The van der Waals surface area contributed by atoms with Crippen LogP contribution < -0.4 is 4.74 Å². The molecule has 2 heterocycles. The lowest BCUT2D eigenvalue weighted by atomic mass is 9.95. The molecule has 1 aromatic carbocycles. The monoisotopic (exact) mass is 400 g/mol. The minimum atomic E-state index is -0.840. The van der Waals surface area contributed by atoms with Crippen LogP contribution in [0.1, 0.15) is 23.6 Å². The molecular formula is C21H21FN2O5. The van der Waals surface area contributed by atoms with Gasteiger partial charge in [0.2, 0.25) is 0 Å². The molecule has 3 rings (SSSR count). The molecule has 0 spiro atoms. The number of carbonyl (C=O) groups is 2. The van der Waals surface area contributed by atoms with Crippen molar-refractivity contribution in [2.24, 2.45) is 0 Å². The minimum Gasteiger partial charge on any atom is -0.507 e. The largest absolute Gasteiger partial charge is 0.507 e. The van der Waals surface area contributed by atoms with Crippen molar-refractivity contribution < 1.29 is 28.6 Å². The van der Waals surface area contributed by atoms with Gasteiger partial charge >= 0.3 is 0 Å². The molecule has 1 fully saturated rings. The van der Waals surface area contributed by atoms with Crippen LogP contribution in [0, 0.1) is 5.82 Å². The van der Waals surface area contributed by atoms with Gasteiger partial charge in [0.1, 0.15) is 17.3 Å². The highest BCUT2D eigenvalue weighted by atomic mass is 19.1. The van der Waals surface area contributed by atoms with E-state index >= 15 is 0 Å². The molecular weight excluding hydrogens is 379 g/mol. The second kappa shape index (κ2) is 8.83. The Kier molecular flexibility index (Phi) is 6.23. The summed E-state index contributed by atoms with van der Waals surface area (Å²) < 4.78 is 24.1. The third-order valence-corrected chi connectivity index (χ3v) is 4.73. The Morgan fingerprint density at radius 1 is 1.21 bits per heavy atom. The molecule has 1 amide bonds. The molecule has 1 aliphatic rings. The normalized spacial score (nSPS) is 18.3. The lowest BCUT2D eigenvalue weighted by molar-refractivity contribution is -0.140. The highest BCUT2D eigenvalue weighted by Crippen LogP contribution is 2.40. The number of amides is 1. The van der Waals surface area contributed by atoms with Crippen LogP contribution in [0.3, 0.4) is 0 Å². The number of aromatic nitrogens is 1. The van der Waals surface area contributed by atoms with Gasteiger partial charge in [0.15, 0.2) is 0 Å². The summed E-state index contributed by atoms with van der Waals surface area (Å²) >= 11 is 0. The van der Waals surface area contributed by atoms with Gasteiger partial charge in [-0.15, -0.1) is 0 Å². The lowest BCUT2D eigenvalue weighted by Gasteiger charge is -2.25. The molecule has 0 bridgehead atoms. The van der Waals surface area contributed by atoms with Gasteiger partial charge in [-0.25, -0.2) is 4.39 Å². The maximum Gasteiger partial charge on any atom is 0.295 e. The lowest BCUT2D eigenvalue weighted by Crippen LogP contribution is -2.31. The number of aliphatic hydroxyl groups excluding tert-OH is 1. The van der Waals surface area contributed by atoms with E-state index in [-0.39, 0.29) is 23.4 Å². The summed E-state index contributed by atoms with van der Waals surface area (Å²) in [5.74, 6) is -2.49. The van der Waals surface area contributed by atoms with E-state index in [0.29, 0.717) is 18.6 Å². The molecule has 1 unspecified atom stereocenters. The zero-order chi connectivity index (χ0) is 21.0. The van der Waals surface area contributed by atoms with Crippen molar-refractivity contribution in [1.29, 1.82) is 0 Å². The second-order valence-corrected chi connectivity index (χ2v) is 6.46. The molecule has 29 heavy (non-hydrogen) atoms. The first-order valence-corrected chi connectivity index (χ1v) is 9.00. The SMILES string of the molecule is COCCCN1C(=O)C(=O)/C(=C(/O)c2cc(F)ccc2OC)C1c1ccncc1. The predicted octanol–water partition coefficient (Wildman–Crippen LogP) is 2.69. The molecule has 1 N–H and O–H groups in total. The van der Waals surface area contributed by atoms with Gasteiger partial charge in [-0.3, -0.25) is 14.6 Å². The van der Waals surface area contributed by atoms with E-state index in [2.05, 4.69) is 4.98 Å². The van der Waals surface area contributed by atoms with E-state index in [9.17, 15) is 19.1 Å². The van der Waals surface area contributed by atoms with E-state index in [1.54, 1.807) is 19.2 Å². The maximum atomic E-state index is 13.8. The van der Waals surface area contributed by atoms with Crippen LogP contribution in [0.25, 0.3) is 5.76 Å². The first kappa shape index (κ1) is 20.5. The van der Waals surface area contributed by atoms with Crippen molar-refractivity contribution in [3.05, 3.63) is 65.2 Å². The number of carbonyl (C=O) groups excluding carboxylic acids is 2. The molecule has 152 valence electrons. The zero-order valence-electron chi connectivity index (χ0n) is 16.1. The molecule has 8 heteroatoms. The van der Waals surface area contributed by atoms with Crippen LogP contribution in [0.2, 0.25) is 0 Å². The van der Waals surface area contributed by atoms with Gasteiger partial charge in [0.05, 0.1) is 24.3 Å². The number of hydrogen-bond acceptors (Lipinski definition) is 6. The van der Waals surface area contributed by atoms with Crippen LogP contribution in [-0.4, -0.2) is 54.1 Å². The van der Waals surface area contributed by atoms with Crippen LogP contribution in [0.4, 0.5) is 4.39 Å². The van der Waals surface area contributed by atoms with Crippen LogP contribution in [-0.2, 0) is 14.3 Å². The van der Waals surface area contributed by atoms with Gasteiger partial charge < -0.3 is 19.5 Å². The fourth-order valence-corrected chi connectivity index (χ4v) is 3.39. The number of halogens is 1. The van der Waals surface area contributed by atoms with E-state index < -0.39 is 29.3 Å². The number of methoxy groups -OCH3 is 2. The highest BCUT2D eigenvalue weighted by molar-refractivity contribution is 6.46. The number of nitrogens with zero attached hydrogens (tertiary/aromatic N) is 2. The Bertz CT molecular complexity index is 945. The number of Topliss-reactive ketones (excluding diaryl/α,β-unsaturated/α-hetero) is 1. The number of ether oxygens (including phenoxy) is 2. The molecule has 1 saturated heterocycles. The molecule has 1 atom stereocenters. The van der Waals surface area contributed by atoms with Crippen molar-refractivity contribution in [2.75, 3.05) is 27.4 Å². The summed E-state index contributed by atoms with van der Waals surface area (Å²) in [5, 5.41) is 11.0.